The van der Waals surface area contributed by atoms with Crippen molar-refractivity contribution in [2.45, 2.75) is 26.2 Å². The van der Waals surface area contributed by atoms with Crippen molar-refractivity contribution in [1.29, 1.82) is 0 Å². The normalized spacial score (nSPS) is 16.0. The second-order valence-electron chi connectivity index (χ2n) is 13.4. The summed E-state index contributed by atoms with van der Waals surface area (Å²) in [5.74, 6) is -2.44. The molecule has 2 fully saturated rings. The Kier molecular flexibility index (Phi) is 8.76. The maximum atomic E-state index is 15.8. The summed E-state index contributed by atoms with van der Waals surface area (Å²) in [6, 6.07) is 20.0. The van der Waals surface area contributed by atoms with Gasteiger partial charge in [-0.25, -0.2) is 18.7 Å². The number of hydrogen-bond acceptors (Lipinski definition) is 8. The van der Waals surface area contributed by atoms with E-state index >= 15 is 4.39 Å². The highest BCUT2D eigenvalue weighted by Crippen LogP contribution is 2.44. The summed E-state index contributed by atoms with van der Waals surface area (Å²) in [7, 11) is 0. The van der Waals surface area contributed by atoms with Crippen molar-refractivity contribution < 1.29 is 27.9 Å². The highest BCUT2D eigenvalue weighted by Gasteiger charge is 2.45. The molecule has 3 amide bonds. The summed E-state index contributed by atoms with van der Waals surface area (Å²) >= 11 is 0.953. The number of thiophene rings is 1. The fourth-order valence-corrected chi connectivity index (χ4v) is 8.33. The minimum absolute atomic E-state index is 0.149. The molecule has 264 valence electrons. The third-order valence-corrected chi connectivity index (χ3v) is 11.2. The first-order valence-electron chi connectivity index (χ1n) is 17.1. The lowest BCUT2D eigenvalue weighted by Crippen LogP contribution is -2.59. The maximum absolute atomic E-state index is 15.8. The van der Waals surface area contributed by atoms with Crippen LogP contribution in [0.15, 0.2) is 79.0 Å². The topological polar surface area (TPSA) is 117 Å². The van der Waals surface area contributed by atoms with Crippen molar-refractivity contribution in [3.8, 4) is 10.4 Å². The first-order valence-corrected chi connectivity index (χ1v) is 17.9. The molecule has 0 bridgehead atoms. The Bertz CT molecular complexity index is 2210. The number of nitrogens with one attached hydrogen (secondary N) is 2. The molecular formula is C39H34F2N6O4S. The van der Waals surface area contributed by atoms with Crippen molar-refractivity contribution >= 4 is 52.1 Å². The number of nitrogens with zero attached hydrogens (tertiary/aromatic N) is 4. The van der Waals surface area contributed by atoms with Gasteiger partial charge in [-0.3, -0.25) is 14.4 Å². The van der Waals surface area contributed by atoms with E-state index in [0.29, 0.717) is 44.3 Å². The highest BCUT2D eigenvalue weighted by molar-refractivity contribution is 7.17. The molecule has 8 rings (SSSR count). The van der Waals surface area contributed by atoms with Crippen molar-refractivity contribution in [3.05, 3.63) is 118 Å². The van der Waals surface area contributed by atoms with Crippen LogP contribution in [-0.4, -0.2) is 60.5 Å². The monoisotopic (exact) mass is 720 g/mol. The summed E-state index contributed by atoms with van der Waals surface area (Å²) in [5.41, 5.74) is 3.92. The number of para-hydroxylation sites is 1. The molecule has 2 saturated heterocycles. The Labute approximate surface area is 302 Å². The molecule has 0 atom stereocenters. The van der Waals surface area contributed by atoms with Crippen LogP contribution < -0.4 is 20.4 Å². The van der Waals surface area contributed by atoms with Crippen molar-refractivity contribution in [2.24, 2.45) is 5.41 Å². The standard InChI is InChI=1S/C39H34F2N6O4S/c1-23-8-13-28(35(43-23)46-21-39(22-46)15-19-51-20-16-39)36(48)44-25-11-9-24(10-12-25)38(50)47-18-14-27-31(41)33(37(49)45-34-29(40)6-4-17-42-34)52-32(27)26-5-2-3-7-30(26)47/h2-13,17H,14-16,18-22H2,1H3,(H,44,48)(H,42,45,49). The highest BCUT2D eigenvalue weighted by atomic mass is 32.1. The van der Waals surface area contributed by atoms with E-state index in [1.807, 2.05) is 13.0 Å². The second kappa shape index (κ2) is 13.5. The van der Waals surface area contributed by atoms with Gasteiger partial charge in [0.1, 0.15) is 10.7 Å². The Morgan fingerprint density at radius 1 is 0.904 bits per heavy atom. The molecule has 10 nitrogen and oxygen atoms in total. The van der Waals surface area contributed by atoms with Crippen LogP contribution in [0, 0.1) is 24.0 Å². The van der Waals surface area contributed by atoms with Crippen molar-refractivity contribution in [3.63, 3.8) is 0 Å². The number of ether oxygens (including phenoxy) is 1. The zero-order chi connectivity index (χ0) is 36.0. The summed E-state index contributed by atoms with van der Waals surface area (Å²) < 4.78 is 35.5. The number of aryl methyl sites for hydroxylation is 1. The third kappa shape index (κ3) is 6.19. The molecule has 1 spiro atoms. The number of halogens is 2. The van der Waals surface area contributed by atoms with Gasteiger partial charge in [0.05, 0.1) is 11.3 Å². The number of carbonyl (C=O) groups is 3. The first kappa shape index (κ1) is 33.6. The van der Waals surface area contributed by atoms with Crippen LogP contribution in [-0.2, 0) is 11.2 Å². The molecule has 0 saturated carbocycles. The fraction of sp³-hybridized carbons (Fsp3) is 0.256. The van der Waals surface area contributed by atoms with Gasteiger partial charge < -0.3 is 25.2 Å². The average molecular weight is 721 g/mol. The van der Waals surface area contributed by atoms with Crippen LogP contribution in [0.25, 0.3) is 10.4 Å². The van der Waals surface area contributed by atoms with E-state index in [9.17, 15) is 18.8 Å². The second-order valence-corrected chi connectivity index (χ2v) is 14.4. The molecule has 5 aromatic rings. The molecule has 0 aliphatic carbocycles. The van der Waals surface area contributed by atoms with Crippen LogP contribution in [0.1, 0.15) is 54.5 Å². The van der Waals surface area contributed by atoms with E-state index in [1.165, 1.54) is 12.3 Å². The largest absolute Gasteiger partial charge is 0.381 e. The third-order valence-electron chi connectivity index (χ3n) is 9.96. The number of fused-ring (bicyclic) bond motifs is 3. The molecule has 2 N–H and O–H groups in total. The van der Waals surface area contributed by atoms with Gasteiger partial charge in [-0.15, -0.1) is 11.3 Å². The van der Waals surface area contributed by atoms with Gasteiger partial charge in [-0.2, -0.15) is 0 Å². The summed E-state index contributed by atoms with van der Waals surface area (Å²) in [6.07, 6.45) is 3.49. The van der Waals surface area contributed by atoms with Crippen LogP contribution in [0.5, 0.6) is 0 Å². The van der Waals surface area contributed by atoms with Gasteiger partial charge in [0.15, 0.2) is 17.5 Å². The first-order chi connectivity index (χ1) is 25.2. The molecule has 3 aromatic heterocycles. The molecule has 0 unspecified atom stereocenters. The number of benzene rings is 2. The fourth-order valence-electron chi connectivity index (χ4n) is 7.18. The molecule has 6 heterocycles. The quantitative estimate of drug-likeness (QED) is 0.192. The Morgan fingerprint density at radius 3 is 2.44 bits per heavy atom. The zero-order valence-electron chi connectivity index (χ0n) is 28.2. The lowest BCUT2D eigenvalue weighted by Gasteiger charge is -2.53. The molecule has 3 aliphatic rings. The zero-order valence-corrected chi connectivity index (χ0v) is 29.1. The van der Waals surface area contributed by atoms with E-state index in [0.717, 1.165) is 62.2 Å². The summed E-state index contributed by atoms with van der Waals surface area (Å²) in [4.78, 5) is 53.2. The Hall–Kier alpha value is -5.53. The average Bonchev–Trinajstić information content (AvgIpc) is 3.38. The molecule has 3 aliphatic heterocycles. The number of amides is 3. The molecule has 52 heavy (non-hydrogen) atoms. The number of anilines is 4. The molecular weight excluding hydrogens is 687 g/mol. The van der Waals surface area contributed by atoms with E-state index < -0.39 is 17.5 Å². The van der Waals surface area contributed by atoms with Gasteiger partial charge in [0.2, 0.25) is 0 Å². The van der Waals surface area contributed by atoms with Crippen LogP contribution >= 0.6 is 11.3 Å². The number of carbonyl (C=O) groups excluding carboxylic acids is 3. The van der Waals surface area contributed by atoms with E-state index in [-0.39, 0.29) is 40.9 Å². The summed E-state index contributed by atoms with van der Waals surface area (Å²) in [5, 5.41) is 5.32. The van der Waals surface area contributed by atoms with Crippen LogP contribution in [0.2, 0.25) is 0 Å². The van der Waals surface area contributed by atoms with Gasteiger partial charge in [-0.05, 0) is 80.8 Å². The Morgan fingerprint density at radius 2 is 1.67 bits per heavy atom. The minimum atomic E-state index is -0.801. The maximum Gasteiger partial charge on any atom is 0.270 e. The smallest absolute Gasteiger partial charge is 0.270 e. The van der Waals surface area contributed by atoms with Gasteiger partial charge >= 0.3 is 0 Å². The van der Waals surface area contributed by atoms with E-state index in [1.54, 1.807) is 59.5 Å². The van der Waals surface area contributed by atoms with Crippen molar-refractivity contribution in [2.75, 3.05) is 53.3 Å². The predicted octanol–water partition coefficient (Wildman–Crippen LogP) is 7.12. The minimum Gasteiger partial charge on any atom is -0.381 e. The van der Waals surface area contributed by atoms with Crippen molar-refractivity contribution in [1.82, 2.24) is 9.97 Å². The van der Waals surface area contributed by atoms with Gasteiger partial charge in [0.25, 0.3) is 17.7 Å². The summed E-state index contributed by atoms with van der Waals surface area (Å²) in [6.45, 7) is 5.27. The van der Waals surface area contributed by atoms with E-state index in [2.05, 4.69) is 20.5 Å². The molecule has 2 aromatic carbocycles. The van der Waals surface area contributed by atoms with Gasteiger partial charge in [-0.1, -0.05) is 18.2 Å². The van der Waals surface area contributed by atoms with Crippen LogP contribution in [0.4, 0.5) is 31.8 Å². The lowest BCUT2D eigenvalue weighted by molar-refractivity contribution is -0.000519. The van der Waals surface area contributed by atoms with E-state index in [4.69, 9.17) is 9.72 Å². The Balaban J connectivity index is 0.987. The number of rotatable bonds is 6. The number of aromatic nitrogens is 2. The predicted molar refractivity (Wildman–Crippen MR) is 195 cm³/mol. The molecule has 13 heteroatoms. The van der Waals surface area contributed by atoms with Gasteiger partial charge in [0, 0.05) is 77.4 Å². The SMILES string of the molecule is Cc1ccc(C(=O)Nc2ccc(C(=O)N3CCc4c(sc(C(=O)Nc5ncccc5F)c4F)-c4ccccc43)cc2)c(N2CC3(CCOCC3)C2)n1. The van der Waals surface area contributed by atoms with Crippen LogP contribution in [0.3, 0.4) is 0 Å². The number of hydrogen-bond donors (Lipinski definition) is 2. The molecule has 0 radical (unpaired) electrons. The number of pyridine rings is 2. The lowest BCUT2D eigenvalue weighted by atomic mass is 9.73.